The molecule has 0 aromatic heterocycles. The first-order chi connectivity index (χ1) is 13.0. The van der Waals surface area contributed by atoms with E-state index in [0.717, 1.165) is 24.1 Å². The van der Waals surface area contributed by atoms with Gasteiger partial charge >= 0.3 is 12.1 Å². The molecule has 0 saturated carbocycles. The summed E-state index contributed by atoms with van der Waals surface area (Å²) in [6, 6.07) is 7.30. The maximum atomic E-state index is 11.9. The van der Waals surface area contributed by atoms with Gasteiger partial charge in [0.2, 0.25) is 0 Å². The lowest BCUT2D eigenvalue weighted by Gasteiger charge is -2.37. The van der Waals surface area contributed by atoms with Crippen LogP contribution >= 0.6 is 0 Å². The Kier molecular flexibility index (Phi) is 7.11. The third kappa shape index (κ3) is 6.59. The molecule has 0 aliphatic carbocycles. The van der Waals surface area contributed by atoms with Crippen LogP contribution in [0.25, 0.3) is 0 Å². The summed E-state index contributed by atoms with van der Waals surface area (Å²) in [4.78, 5) is 25.7. The zero-order valence-corrected chi connectivity index (χ0v) is 17.3. The van der Waals surface area contributed by atoms with E-state index in [1.54, 1.807) is 20.8 Å². The van der Waals surface area contributed by atoms with Crippen molar-refractivity contribution < 1.29 is 19.4 Å². The number of allylic oxidation sites excluding steroid dienone is 1. The minimum absolute atomic E-state index is 0.196. The average Bonchev–Trinajstić information content (AvgIpc) is 2.57. The Labute approximate surface area is 167 Å². The van der Waals surface area contributed by atoms with E-state index in [1.807, 2.05) is 24.3 Å². The number of hydrogen-bond donors (Lipinski definition) is 2. The molecule has 1 aromatic carbocycles. The maximum Gasteiger partial charge on any atom is 0.408 e. The molecule has 1 saturated heterocycles. The average molecular weight is 389 g/mol. The van der Waals surface area contributed by atoms with Crippen molar-refractivity contribution in [1.82, 2.24) is 10.2 Å². The summed E-state index contributed by atoms with van der Waals surface area (Å²) in [5.41, 5.74) is 2.50. The number of nitrogens with one attached hydrogen (secondary N) is 1. The molecule has 0 radical (unpaired) electrons. The summed E-state index contributed by atoms with van der Waals surface area (Å²) in [5.74, 6) is -1.09. The number of carbonyl (C=O) groups is 2. The van der Waals surface area contributed by atoms with E-state index in [-0.39, 0.29) is 6.42 Å². The number of hydrogen-bond acceptors (Lipinski definition) is 4. The van der Waals surface area contributed by atoms with Gasteiger partial charge in [0, 0.05) is 24.7 Å². The van der Waals surface area contributed by atoms with E-state index in [9.17, 15) is 14.7 Å². The molecule has 154 valence electrons. The predicted molar refractivity (Wildman–Crippen MR) is 109 cm³/mol. The zero-order valence-electron chi connectivity index (χ0n) is 17.3. The summed E-state index contributed by atoms with van der Waals surface area (Å²) < 4.78 is 5.15. The van der Waals surface area contributed by atoms with E-state index < -0.39 is 23.7 Å². The SMILES string of the molecule is C=C1CCC[C@H](C)N1Cc1ccc(CC(NC(=O)OC(C)(C)C)C(=O)O)cc1. The van der Waals surface area contributed by atoms with Crippen LogP contribution in [0.2, 0.25) is 0 Å². The van der Waals surface area contributed by atoms with E-state index in [4.69, 9.17) is 4.74 Å². The van der Waals surface area contributed by atoms with Crippen LogP contribution in [0.4, 0.5) is 4.79 Å². The lowest BCUT2D eigenvalue weighted by molar-refractivity contribution is -0.139. The van der Waals surface area contributed by atoms with Crippen LogP contribution in [-0.2, 0) is 22.5 Å². The first-order valence-electron chi connectivity index (χ1n) is 9.79. The van der Waals surface area contributed by atoms with E-state index in [1.165, 1.54) is 18.5 Å². The molecule has 1 aromatic rings. The van der Waals surface area contributed by atoms with Crippen molar-refractivity contribution in [2.24, 2.45) is 0 Å². The standard InChI is InChI=1S/C22H32N2O4/c1-15-7-6-8-16(2)24(15)14-18-11-9-17(10-12-18)13-19(20(25)26)23-21(27)28-22(3,4)5/h9-12,16,19H,1,6-8,13-14H2,2-5H3,(H,23,27)(H,25,26)/t16-,19?/m0/s1. The number of carbonyl (C=O) groups excluding carboxylic acids is 1. The van der Waals surface area contributed by atoms with Crippen molar-refractivity contribution in [3.63, 3.8) is 0 Å². The van der Waals surface area contributed by atoms with Crippen LogP contribution in [0.5, 0.6) is 0 Å². The summed E-state index contributed by atoms with van der Waals surface area (Å²) in [6.07, 6.45) is 2.87. The molecule has 1 fully saturated rings. The van der Waals surface area contributed by atoms with Gasteiger partial charge in [0.05, 0.1) is 0 Å². The predicted octanol–water partition coefficient (Wildman–Crippen LogP) is 4.10. The number of piperidine rings is 1. The summed E-state index contributed by atoms with van der Waals surface area (Å²) in [6.45, 7) is 12.4. The molecule has 1 aliphatic rings. The second-order valence-corrected chi connectivity index (χ2v) is 8.49. The Morgan fingerprint density at radius 1 is 1.29 bits per heavy atom. The summed E-state index contributed by atoms with van der Waals surface area (Å²) >= 11 is 0. The lowest BCUT2D eigenvalue weighted by Crippen LogP contribution is -2.44. The van der Waals surface area contributed by atoms with Crippen molar-refractivity contribution in [1.29, 1.82) is 0 Å². The molecule has 2 N–H and O–H groups in total. The highest BCUT2D eigenvalue weighted by Crippen LogP contribution is 2.26. The van der Waals surface area contributed by atoms with Gasteiger partial charge in [-0.2, -0.15) is 0 Å². The number of nitrogens with zero attached hydrogens (tertiary/aromatic N) is 1. The number of benzene rings is 1. The van der Waals surface area contributed by atoms with Crippen LogP contribution in [-0.4, -0.2) is 39.8 Å². The minimum atomic E-state index is -1.09. The Morgan fingerprint density at radius 2 is 1.89 bits per heavy atom. The number of ether oxygens (including phenoxy) is 1. The minimum Gasteiger partial charge on any atom is -0.480 e. The van der Waals surface area contributed by atoms with Gasteiger partial charge in [-0.25, -0.2) is 9.59 Å². The summed E-state index contributed by atoms with van der Waals surface area (Å²) in [5, 5.41) is 11.9. The van der Waals surface area contributed by atoms with Gasteiger partial charge in [-0.05, 0) is 58.1 Å². The zero-order chi connectivity index (χ0) is 20.9. The fraction of sp³-hybridized carbons (Fsp3) is 0.545. The Hall–Kier alpha value is -2.50. The number of carboxylic acid groups (broad SMARTS) is 1. The largest absolute Gasteiger partial charge is 0.480 e. The van der Waals surface area contributed by atoms with Gasteiger partial charge < -0.3 is 20.1 Å². The van der Waals surface area contributed by atoms with Crippen LogP contribution in [0, 0.1) is 0 Å². The molecular formula is C22H32N2O4. The van der Waals surface area contributed by atoms with Gasteiger partial charge in [-0.3, -0.25) is 0 Å². The van der Waals surface area contributed by atoms with Gasteiger partial charge in [-0.15, -0.1) is 0 Å². The number of aliphatic carboxylic acids is 1. The van der Waals surface area contributed by atoms with Crippen LogP contribution < -0.4 is 5.32 Å². The first kappa shape index (κ1) is 21.8. The van der Waals surface area contributed by atoms with Crippen LogP contribution in [0.3, 0.4) is 0 Å². The number of alkyl carbamates (subject to hydrolysis) is 1. The Morgan fingerprint density at radius 3 is 2.43 bits per heavy atom. The van der Waals surface area contributed by atoms with Crippen molar-refractivity contribution >= 4 is 12.1 Å². The van der Waals surface area contributed by atoms with Crippen molar-refractivity contribution in [3.05, 3.63) is 47.7 Å². The molecule has 6 nitrogen and oxygen atoms in total. The molecule has 1 heterocycles. The van der Waals surface area contributed by atoms with Crippen LogP contribution in [0.15, 0.2) is 36.5 Å². The molecule has 28 heavy (non-hydrogen) atoms. The fourth-order valence-electron chi connectivity index (χ4n) is 3.34. The summed E-state index contributed by atoms with van der Waals surface area (Å²) in [7, 11) is 0. The molecule has 2 atom stereocenters. The number of likely N-dealkylation sites (tertiary alicyclic amines) is 1. The highest BCUT2D eigenvalue weighted by atomic mass is 16.6. The first-order valence-corrected chi connectivity index (χ1v) is 9.79. The van der Waals surface area contributed by atoms with Gasteiger partial charge in [0.25, 0.3) is 0 Å². The number of carboxylic acids is 1. The molecule has 1 amide bonds. The molecular weight excluding hydrogens is 356 g/mol. The van der Waals surface area contributed by atoms with Gasteiger partial charge in [0.1, 0.15) is 11.6 Å². The molecule has 1 aliphatic heterocycles. The topological polar surface area (TPSA) is 78.9 Å². The smallest absolute Gasteiger partial charge is 0.408 e. The third-order valence-corrected chi connectivity index (χ3v) is 4.83. The van der Waals surface area contributed by atoms with Crippen LogP contribution in [0.1, 0.15) is 58.1 Å². The monoisotopic (exact) mass is 388 g/mol. The van der Waals surface area contributed by atoms with Gasteiger partial charge in [0.15, 0.2) is 0 Å². The molecule has 0 spiro atoms. The van der Waals surface area contributed by atoms with Crippen molar-refractivity contribution in [2.75, 3.05) is 0 Å². The van der Waals surface area contributed by atoms with E-state index >= 15 is 0 Å². The van der Waals surface area contributed by atoms with Gasteiger partial charge in [-0.1, -0.05) is 30.8 Å². The molecule has 0 bridgehead atoms. The highest BCUT2D eigenvalue weighted by molar-refractivity contribution is 5.80. The molecule has 2 rings (SSSR count). The quantitative estimate of drug-likeness (QED) is 0.767. The highest BCUT2D eigenvalue weighted by Gasteiger charge is 2.24. The third-order valence-electron chi connectivity index (χ3n) is 4.83. The number of amides is 1. The fourth-order valence-corrected chi connectivity index (χ4v) is 3.34. The maximum absolute atomic E-state index is 11.9. The Balaban J connectivity index is 1.98. The van der Waals surface area contributed by atoms with Crippen molar-refractivity contribution in [2.45, 2.75) is 77.6 Å². The number of rotatable bonds is 6. The normalized spacial score (nSPS) is 18.5. The van der Waals surface area contributed by atoms with E-state index in [0.29, 0.717) is 6.04 Å². The van der Waals surface area contributed by atoms with Crippen molar-refractivity contribution in [3.8, 4) is 0 Å². The van der Waals surface area contributed by atoms with E-state index in [2.05, 4.69) is 23.7 Å². The molecule has 1 unspecified atom stereocenters. The second-order valence-electron chi connectivity index (χ2n) is 8.49. The lowest BCUT2D eigenvalue weighted by atomic mass is 9.99. The second kappa shape index (κ2) is 9.13. The molecule has 6 heteroatoms. The Bertz CT molecular complexity index is 706.